The highest BCUT2D eigenvalue weighted by molar-refractivity contribution is 6.34. The summed E-state index contributed by atoms with van der Waals surface area (Å²) in [5.41, 5.74) is 6.36. The SMILES string of the molecule is CCC(=O)c1cc(CN)c(F)c(C)c1Cl. The van der Waals surface area contributed by atoms with Gasteiger partial charge in [0.25, 0.3) is 0 Å². The van der Waals surface area contributed by atoms with Gasteiger partial charge in [0.2, 0.25) is 0 Å². The minimum absolute atomic E-state index is 0.0633. The number of ketones is 1. The lowest BCUT2D eigenvalue weighted by atomic mass is 10.0. The van der Waals surface area contributed by atoms with Crippen molar-refractivity contribution in [3.05, 3.63) is 33.6 Å². The third-order valence-corrected chi connectivity index (χ3v) is 2.82. The van der Waals surface area contributed by atoms with Gasteiger partial charge in [0.05, 0.1) is 5.02 Å². The number of carbonyl (C=O) groups is 1. The molecule has 0 aromatic heterocycles. The average molecular weight is 230 g/mol. The van der Waals surface area contributed by atoms with Gasteiger partial charge in [0.1, 0.15) is 5.82 Å². The molecular formula is C11H13ClFNO. The fourth-order valence-corrected chi connectivity index (χ4v) is 1.62. The van der Waals surface area contributed by atoms with E-state index in [1.165, 1.54) is 6.07 Å². The van der Waals surface area contributed by atoms with Crippen LogP contribution < -0.4 is 5.73 Å². The normalized spacial score (nSPS) is 10.5. The first-order valence-corrected chi connectivity index (χ1v) is 5.11. The monoisotopic (exact) mass is 229 g/mol. The van der Waals surface area contributed by atoms with Crippen molar-refractivity contribution >= 4 is 17.4 Å². The Kier molecular flexibility index (Phi) is 3.83. The Balaban J connectivity index is 3.41. The fourth-order valence-electron chi connectivity index (χ4n) is 1.38. The van der Waals surface area contributed by atoms with Crippen LogP contribution in [0.15, 0.2) is 6.07 Å². The molecule has 0 saturated carbocycles. The first kappa shape index (κ1) is 12.1. The second-order valence-corrected chi connectivity index (χ2v) is 3.70. The van der Waals surface area contributed by atoms with E-state index in [4.69, 9.17) is 17.3 Å². The molecule has 0 aliphatic heterocycles. The summed E-state index contributed by atoms with van der Waals surface area (Å²) >= 11 is 5.90. The summed E-state index contributed by atoms with van der Waals surface area (Å²) in [5, 5.41) is 0.191. The zero-order valence-electron chi connectivity index (χ0n) is 8.73. The molecule has 1 aromatic carbocycles. The maximum Gasteiger partial charge on any atom is 0.164 e. The van der Waals surface area contributed by atoms with E-state index in [1.807, 2.05) is 0 Å². The maximum absolute atomic E-state index is 13.5. The van der Waals surface area contributed by atoms with Crippen LogP contribution in [0.5, 0.6) is 0 Å². The molecule has 0 aliphatic rings. The van der Waals surface area contributed by atoms with Gasteiger partial charge in [-0.05, 0) is 13.0 Å². The van der Waals surface area contributed by atoms with Crippen molar-refractivity contribution in [2.24, 2.45) is 5.73 Å². The predicted octanol–water partition coefficient (Wildman–Crippen LogP) is 2.84. The summed E-state index contributed by atoms with van der Waals surface area (Å²) in [6.07, 6.45) is 0.342. The molecule has 0 radical (unpaired) electrons. The molecule has 1 aromatic rings. The van der Waals surface area contributed by atoms with Gasteiger partial charge >= 0.3 is 0 Å². The number of hydrogen-bond acceptors (Lipinski definition) is 2. The van der Waals surface area contributed by atoms with Crippen LogP contribution in [0.3, 0.4) is 0 Å². The number of halogens is 2. The minimum Gasteiger partial charge on any atom is -0.326 e. The Labute approximate surface area is 93.2 Å². The van der Waals surface area contributed by atoms with E-state index in [0.717, 1.165) is 0 Å². The van der Waals surface area contributed by atoms with Gasteiger partial charge in [-0.2, -0.15) is 0 Å². The van der Waals surface area contributed by atoms with Crippen molar-refractivity contribution in [1.82, 2.24) is 0 Å². The number of rotatable bonds is 3. The van der Waals surface area contributed by atoms with E-state index in [0.29, 0.717) is 17.5 Å². The van der Waals surface area contributed by atoms with E-state index in [2.05, 4.69) is 0 Å². The lowest BCUT2D eigenvalue weighted by molar-refractivity contribution is 0.0988. The Morgan fingerprint density at radius 2 is 2.20 bits per heavy atom. The highest BCUT2D eigenvalue weighted by Crippen LogP contribution is 2.27. The van der Waals surface area contributed by atoms with E-state index in [9.17, 15) is 9.18 Å². The van der Waals surface area contributed by atoms with Crippen molar-refractivity contribution in [3.8, 4) is 0 Å². The van der Waals surface area contributed by atoms with Gasteiger partial charge in [-0.25, -0.2) is 4.39 Å². The molecule has 2 N–H and O–H groups in total. The third-order valence-electron chi connectivity index (χ3n) is 2.34. The molecule has 0 atom stereocenters. The van der Waals surface area contributed by atoms with Crippen molar-refractivity contribution in [2.45, 2.75) is 26.8 Å². The van der Waals surface area contributed by atoms with Crippen LogP contribution in [0.4, 0.5) is 4.39 Å². The van der Waals surface area contributed by atoms with Crippen molar-refractivity contribution in [2.75, 3.05) is 0 Å². The summed E-state index contributed by atoms with van der Waals surface area (Å²) in [6, 6.07) is 1.44. The molecule has 1 rings (SSSR count). The van der Waals surface area contributed by atoms with Crippen LogP contribution >= 0.6 is 11.6 Å². The summed E-state index contributed by atoms with van der Waals surface area (Å²) in [7, 11) is 0. The Morgan fingerprint density at radius 1 is 1.60 bits per heavy atom. The van der Waals surface area contributed by atoms with Crippen LogP contribution in [0.25, 0.3) is 0 Å². The molecule has 0 fully saturated rings. The average Bonchev–Trinajstić information content (AvgIpc) is 2.25. The summed E-state index contributed by atoms with van der Waals surface area (Å²) in [4.78, 5) is 11.5. The van der Waals surface area contributed by atoms with Crippen LogP contribution in [0, 0.1) is 12.7 Å². The zero-order valence-corrected chi connectivity index (χ0v) is 9.49. The van der Waals surface area contributed by atoms with Crippen molar-refractivity contribution in [1.29, 1.82) is 0 Å². The molecule has 82 valence electrons. The maximum atomic E-state index is 13.5. The Hall–Kier alpha value is -0.930. The van der Waals surface area contributed by atoms with Crippen LogP contribution in [0.1, 0.15) is 34.8 Å². The lowest BCUT2D eigenvalue weighted by Crippen LogP contribution is -2.07. The van der Waals surface area contributed by atoms with Gasteiger partial charge in [-0.15, -0.1) is 0 Å². The van der Waals surface area contributed by atoms with E-state index in [1.54, 1.807) is 13.8 Å². The molecule has 0 bridgehead atoms. The topological polar surface area (TPSA) is 43.1 Å². The largest absolute Gasteiger partial charge is 0.326 e. The predicted molar refractivity (Wildman–Crippen MR) is 58.7 cm³/mol. The molecule has 0 unspecified atom stereocenters. The number of hydrogen-bond donors (Lipinski definition) is 1. The lowest BCUT2D eigenvalue weighted by Gasteiger charge is -2.10. The Bertz CT molecular complexity index is 404. The minimum atomic E-state index is -0.421. The third kappa shape index (κ3) is 2.19. The van der Waals surface area contributed by atoms with Crippen LogP contribution in [0.2, 0.25) is 5.02 Å². The van der Waals surface area contributed by atoms with Crippen LogP contribution in [-0.4, -0.2) is 5.78 Å². The van der Waals surface area contributed by atoms with Crippen LogP contribution in [-0.2, 0) is 6.54 Å². The highest BCUT2D eigenvalue weighted by Gasteiger charge is 2.16. The standard InChI is InChI=1S/C11H13ClFNO/c1-3-9(15)8-4-7(5-14)11(13)6(2)10(8)12/h4H,3,5,14H2,1-2H3. The zero-order chi connectivity index (χ0) is 11.6. The van der Waals surface area contributed by atoms with Gasteiger partial charge in [0.15, 0.2) is 5.78 Å². The van der Waals surface area contributed by atoms with Gasteiger partial charge < -0.3 is 5.73 Å². The fraction of sp³-hybridized carbons (Fsp3) is 0.364. The van der Waals surface area contributed by atoms with E-state index in [-0.39, 0.29) is 22.9 Å². The summed E-state index contributed by atoms with van der Waals surface area (Å²) < 4.78 is 13.5. The smallest absolute Gasteiger partial charge is 0.164 e. The van der Waals surface area contributed by atoms with Crippen molar-refractivity contribution < 1.29 is 9.18 Å². The summed E-state index contributed by atoms with van der Waals surface area (Å²) in [5.74, 6) is -0.520. The molecule has 2 nitrogen and oxygen atoms in total. The number of nitrogens with two attached hydrogens (primary N) is 1. The molecule has 4 heteroatoms. The number of carbonyl (C=O) groups excluding carboxylic acids is 1. The van der Waals surface area contributed by atoms with Gasteiger partial charge in [0, 0.05) is 29.7 Å². The molecule has 0 heterocycles. The van der Waals surface area contributed by atoms with Gasteiger partial charge in [-0.3, -0.25) is 4.79 Å². The molecular weight excluding hydrogens is 217 g/mol. The first-order chi connectivity index (χ1) is 7.02. The van der Waals surface area contributed by atoms with Gasteiger partial charge in [-0.1, -0.05) is 18.5 Å². The molecule has 0 aliphatic carbocycles. The van der Waals surface area contributed by atoms with E-state index < -0.39 is 5.82 Å². The van der Waals surface area contributed by atoms with Crippen molar-refractivity contribution in [3.63, 3.8) is 0 Å². The Morgan fingerprint density at radius 3 is 2.67 bits per heavy atom. The quantitative estimate of drug-likeness (QED) is 0.810. The highest BCUT2D eigenvalue weighted by atomic mass is 35.5. The summed E-state index contributed by atoms with van der Waals surface area (Å²) in [6.45, 7) is 3.34. The molecule has 0 amide bonds. The molecule has 0 saturated heterocycles. The molecule has 15 heavy (non-hydrogen) atoms. The molecule has 0 spiro atoms. The van der Waals surface area contributed by atoms with E-state index >= 15 is 0 Å². The first-order valence-electron chi connectivity index (χ1n) is 4.73. The second-order valence-electron chi connectivity index (χ2n) is 3.32. The number of Topliss-reactive ketones (excluding diaryl/α,β-unsaturated/α-hetero) is 1. The number of benzene rings is 1. The second kappa shape index (κ2) is 4.73.